The van der Waals surface area contributed by atoms with Crippen molar-refractivity contribution >= 4 is 27.3 Å². The standard InChI is InChI=1S/C8H11BrOS/c1-6(4-5-10)7-2-3-8(9)11-7/h2-3,6,10H,4-5H2,1H3. The second-order valence-corrected chi connectivity index (χ2v) is 5.05. The smallest absolute Gasteiger partial charge is 0.0701 e. The number of thiophene rings is 1. The summed E-state index contributed by atoms with van der Waals surface area (Å²) in [6, 6.07) is 4.16. The van der Waals surface area contributed by atoms with Gasteiger partial charge in [-0.25, -0.2) is 0 Å². The van der Waals surface area contributed by atoms with E-state index in [2.05, 4.69) is 28.9 Å². The molecule has 1 N–H and O–H groups in total. The summed E-state index contributed by atoms with van der Waals surface area (Å²) in [4.78, 5) is 1.34. The largest absolute Gasteiger partial charge is 0.396 e. The fourth-order valence-electron chi connectivity index (χ4n) is 0.929. The predicted molar refractivity (Wildman–Crippen MR) is 52.1 cm³/mol. The summed E-state index contributed by atoms with van der Waals surface area (Å²) in [7, 11) is 0. The summed E-state index contributed by atoms with van der Waals surface area (Å²) in [5.74, 6) is 0.483. The Kier molecular flexibility index (Phi) is 3.55. The van der Waals surface area contributed by atoms with Crippen molar-refractivity contribution in [1.82, 2.24) is 0 Å². The van der Waals surface area contributed by atoms with Gasteiger partial charge in [0.1, 0.15) is 0 Å². The van der Waals surface area contributed by atoms with Crippen molar-refractivity contribution in [3.63, 3.8) is 0 Å². The second-order valence-electron chi connectivity index (χ2n) is 2.56. The molecule has 1 heterocycles. The lowest BCUT2D eigenvalue weighted by Crippen LogP contribution is -1.93. The minimum Gasteiger partial charge on any atom is -0.396 e. The summed E-state index contributed by atoms with van der Waals surface area (Å²) in [6.07, 6.45) is 0.854. The monoisotopic (exact) mass is 234 g/mol. The number of halogens is 1. The quantitative estimate of drug-likeness (QED) is 0.853. The van der Waals surface area contributed by atoms with Gasteiger partial charge in [0, 0.05) is 11.5 Å². The van der Waals surface area contributed by atoms with Gasteiger partial charge >= 0.3 is 0 Å². The Hall–Kier alpha value is 0.140. The van der Waals surface area contributed by atoms with Gasteiger partial charge in [0.05, 0.1) is 3.79 Å². The third kappa shape index (κ3) is 2.58. The molecule has 0 spiro atoms. The van der Waals surface area contributed by atoms with Crippen LogP contribution in [0.3, 0.4) is 0 Å². The van der Waals surface area contributed by atoms with Gasteiger partial charge in [-0.05, 0) is 40.4 Å². The number of aliphatic hydroxyl groups excluding tert-OH is 1. The minimum atomic E-state index is 0.274. The summed E-state index contributed by atoms with van der Waals surface area (Å²) in [5, 5.41) is 8.70. The Morgan fingerprint density at radius 1 is 1.64 bits per heavy atom. The van der Waals surface area contributed by atoms with E-state index in [0.29, 0.717) is 5.92 Å². The van der Waals surface area contributed by atoms with Crippen LogP contribution in [0.2, 0.25) is 0 Å². The van der Waals surface area contributed by atoms with Gasteiger partial charge in [-0.3, -0.25) is 0 Å². The molecule has 0 saturated carbocycles. The molecule has 0 amide bonds. The van der Waals surface area contributed by atoms with E-state index in [1.165, 1.54) is 4.88 Å². The summed E-state index contributed by atoms with van der Waals surface area (Å²) < 4.78 is 1.16. The molecule has 3 heteroatoms. The van der Waals surface area contributed by atoms with Gasteiger partial charge in [-0.2, -0.15) is 0 Å². The molecule has 1 rings (SSSR count). The average molecular weight is 235 g/mol. The van der Waals surface area contributed by atoms with Crippen molar-refractivity contribution in [2.45, 2.75) is 19.3 Å². The number of rotatable bonds is 3. The first-order chi connectivity index (χ1) is 5.24. The van der Waals surface area contributed by atoms with Gasteiger partial charge in [0.15, 0.2) is 0 Å². The van der Waals surface area contributed by atoms with Crippen molar-refractivity contribution in [3.05, 3.63) is 20.8 Å². The summed E-state index contributed by atoms with van der Waals surface area (Å²) >= 11 is 5.15. The van der Waals surface area contributed by atoms with Gasteiger partial charge in [0.2, 0.25) is 0 Å². The molecule has 62 valence electrons. The Labute approximate surface area is 79.2 Å². The number of aliphatic hydroxyl groups is 1. The maximum absolute atomic E-state index is 8.70. The topological polar surface area (TPSA) is 20.2 Å². The molecular weight excluding hydrogens is 224 g/mol. The zero-order chi connectivity index (χ0) is 8.27. The number of hydrogen-bond acceptors (Lipinski definition) is 2. The van der Waals surface area contributed by atoms with E-state index in [-0.39, 0.29) is 6.61 Å². The molecule has 0 aromatic carbocycles. The molecule has 0 aliphatic heterocycles. The fourth-order valence-corrected chi connectivity index (χ4v) is 2.44. The van der Waals surface area contributed by atoms with Crippen LogP contribution < -0.4 is 0 Å². The van der Waals surface area contributed by atoms with E-state index in [1.54, 1.807) is 11.3 Å². The Morgan fingerprint density at radius 3 is 2.82 bits per heavy atom. The van der Waals surface area contributed by atoms with Gasteiger partial charge in [-0.1, -0.05) is 6.92 Å². The average Bonchev–Trinajstić information content (AvgIpc) is 2.36. The third-order valence-electron chi connectivity index (χ3n) is 1.64. The molecule has 11 heavy (non-hydrogen) atoms. The molecule has 1 nitrogen and oxygen atoms in total. The first-order valence-corrected chi connectivity index (χ1v) is 5.21. The molecule has 0 saturated heterocycles. The van der Waals surface area contributed by atoms with Crippen molar-refractivity contribution in [1.29, 1.82) is 0 Å². The van der Waals surface area contributed by atoms with Crippen LogP contribution in [-0.4, -0.2) is 11.7 Å². The molecule has 1 atom stereocenters. The lowest BCUT2D eigenvalue weighted by Gasteiger charge is -2.04. The highest BCUT2D eigenvalue weighted by molar-refractivity contribution is 9.11. The molecule has 0 fully saturated rings. The first kappa shape index (κ1) is 9.23. The van der Waals surface area contributed by atoms with E-state index in [0.717, 1.165) is 10.2 Å². The van der Waals surface area contributed by atoms with Crippen molar-refractivity contribution in [2.75, 3.05) is 6.61 Å². The first-order valence-electron chi connectivity index (χ1n) is 3.60. The third-order valence-corrected chi connectivity index (χ3v) is 3.50. The van der Waals surface area contributed by atoms with E-state index < -0.39 is 0 Å². The van der Waals surface area contributed by atoms with E-state index in [9.17, 15) is 0 Å². The fraction of sp³-hybridized carbons (Fsp3) is 0.500. The second kappa shape index (κ2) is 4.24. The number of hydrogen-bond donors (Lipinski definition) is 1. The highest BCUT2D eigenvalue weighted by Crippen LogP contribution is 2.29. The van der Waals surface area contributed by atoms with Gasteiger partial charge in [0.25, 0.3) is 0 Å². The molecule has 1 aromatic rings. The summed E-state index contributed by atoms with van der Waals surface area (Å²) in [6.45, 7) is 2.41. The molecule has 0 aliphatic rings. The Bertz CT molecular complexity index is 222. The van der Waals surface area contributed by atoms with Gasteiger partial charge < -0.3 is 5.11 Å². The van der Waals surface area contributed by atoms with E-state index >= 15 is 0 Å². The van der Waals surface area contributed by atoms with E-state index in [1.807, 2.05) is 6.07 Å². The van der Waals surface area contributed by atoms with Crippen LogP contribution in [0.5, 0.6) is 0 Å². The van der Waals surface area contributed by atoms with Crippen LogP contribution in [-0.2, 0) is 0 Å². The van der Waals surface area contributed by atoms with Crippen LogP contribution in [0.25, 0.3) is 0 Å². The van der Waals surface area contributed by atoms with Crippen LogP contribution in [0.4, 0.5) is 0 Å². The zero-order valence-electron chi connectivity index (χ0n) is 6.38. The molecule has 1 aromatic heterocycles. The lowest BCUT2D eigenvalue weighted by atomic mass is 10.1. The van der Waals surface area contributed by atoms with Crippen LogP contribution in [0, 0.1) is 0 Å². The van der Waals surface area contributed by atoms with Crippen LogP contribution >= 0.6 is 27.3 Å². The molecule has 0 radical (unpaired) electrons. The normalized spacial score (nSPS) is 13.4. The highest BCUT2D eigenvalue weighted by Gasteiger charge is 2.06. The molecule has 1 unspecified atom stereocenters. The predicted octanol–water partition coefficient (Wildman–Crippen LogP) is 3.00. The Balaban J connectivity index is 2.60. The SMILES string of the molecule is CC(CCO)c1ccc(Br)s1. The van der Waals surface area contributed by atoms with E-state index in [4.69, 9.17) is 5.11 Å². The minimum absolute atomic E-state index is 0.274. The Morgan fingerprint density at radius 2 is 2.36 bits per heavy atom. The van der Waals surface area contributed by atoms with Gasteiger partial charge in [-0.15, -0.1) is 11.3 Å². The molecule has 0 bridgehead atoms. The van der Waals surface area contributed by atoms with Crippen LogP contribution in [0.15, 0.2) is 15.9 Å². The lowest BCUT2D eigenvalue weighted by molar-refractivity contribution is 0.279. The summed E-state index contributed by atoms with van der Waals surface area (Å²) in [5.41, 5.74) is 0. The molecular formula is C8H11BrOS. The van der Waals surface area contributed by atoms with Crippen LogP contribution in [0.1, 0.15) is 24.1 Å². The van der Waals surface area contributed by atoms with Crippen molar-refractivity contribution < 1.29 is 5.11 Å². The maximum atomic E-state index is 8.70. The molecule has 0 aliphatic carbocycles. The highest BCUT2D eigenvalue weighted by atomic mass is 79.9. The zero-order valence-corrected chi connectivity index (χ0v) is 8.78. The maximum Gasteiger partial charge on any atom is 0.0701 e. The van der Waals surface area contributed by atoms with Crippen molar-refractivity contribution in [3.8, 4) is 0 Å². The van der Waals surface area contributed by atoms with Crippen molar-refractivity contribution in [2.24, 2.45) is 0 Å².